The van der Waals surface area contributed by atoms with Crippen LogP contribution in [-0.2, 0) is 16.1 Å². The monoisotopic (exact) mass is 499 g/mol. The van der Waals surface area contributed by atoms with E-state index in [1.165, 1.54) is 36.3 Å². The number of carbonyl (C=O) groups is 1. The second-order valence-electron chi connectivity index (χ2n) is 6.42. The summed E-state index contributed by atoms with van der Waals surface area (Å²) in [6.45, 7) is 1.55. The van der Waals surface area contributed by atoms with Crippen LogP contribution in [0.3, 0.4) is 0 Å². The molecular weight excluding hydrogens is 484 g/mol. The van der Waals surface area contributed by atoms with E-state index in [2.05, 4.69) is 15.9 Å². The zero-order valence-corrected chi connectivity index (χ0v) is 18.3. The lowest BCUT2D eigenvalue weighted by atomic mass is 10.1. The molecule has 30 heavy (non-hydrogen) atoms. The van der Waals surface area contributed by atoms with Crippen molar-refractivity contribution in [1.29, 1.82) is 0 Å². The zero-order chi connectivity index (χ0) is 22.0. The molecule has 2 aromatic rings. The van der Waals surface area contributed by atoms with Crippen molar-refractivity contribution in [3.63, 3.8) is 0 Å². The maximum atomic E-state index is 13.8. The second-order valence-corrected chi connectivity index (χ2v) is 7.69. The molecule has 0 aliphatic carbocycles. The number of rotatable bonds is 5. The number of hydrogen-bond donors (Lipinski definition) is 1. The van der Waals surface area contributed by atoms with E-state index in [1.54, 1.807) is 13.0 Å². The van der Waals surface area contributed by atoms with E-state index in [0.29, 0.717) is 16.4 Å². The van der Waals surface area contributed by atoms with Crippen molar-refractivity contribution in [2.45, 2.75) is 19.8 Å². The molecule has 1 aliphatic heterocycles. The summed E-state index contributed by atoms with van der Waals surface area (Å²) in [6, 6.07) is 7.76. The molecule has 0 amide bonds. The summed E-state index contributed by atoms with van der Waals surface area (Å²) in [5.41, 5.74) is 1.39. The highest BCUT2D eigenvalue weighted by Gasteiger charge is 2.30. The average molecular weight is 501 g/mol. The van der Waals surface area contributed by atoms with Crippen molar-refractivity contribution in [2.24, 2.45) is 0 Å². The number of aliphatic hydroxyl groups excluding tert-OH is 1. The molecule has 1 aliphatic rings. The SMILES string of the molecule is COC(=O)c1ccc(Cl)c(N2C(C)=CC(OCc3ccc(F)cc3F)=C(Br)C2O)c1. The minimum absolute atomic E-state index is 0.161. The molecule has 0 fully saturated rings. The van der Waals surface area contributed by atoms with Crippen molar-refractivity contribution >= 4 is 39.2 Å². The molecule has 5 nitrogen and oxygen atoms in total. The summed E-state index contributed by atoms with van der Waals surface area (Å²) in [7, 11) is 1.27. The third kappa shape index (κ3) is 4.50. The third-order valence-electron chi connectivity index (χ3n) is 4.45. The van der Waals surface area contributed by atoms with E-state index < -0.39 is 23.8 Å². The van der Waals surface area contributed by atoms with Gasteiger partial charge in [0.05, 0.1) is 27.9 Å². The van der Waals surface area contributed by atoms with Crippen LogP contribution in [0.4, 0.5) is 14.5 Å². The molecule has 1 heterocycles. The van der Waals surface area contributed by atoms with Crippen molar-refractivity contribution in [3.05, 3.63) is 86.2 Å². The summed E-state index contributed by atoms with van der Waals surface area (Å²) in [5.74, 6) is -1.67. The predicted molar refractivity (Wildman–Crippen MR) is 112 cm³/mol. The summed E-state index contributed by atoms with van der Waals surface area (Å²) in [5, 5.41) is 11.1. The fourth-order valence-corrected chi connectivity index (χ4v) is 3.57. The van der Waals surface area contributed by atoms with E-state index in [-0.39, 0.29) is 28.0 Å². The molecule has 2 aromatic carbocycles. The van der Waals surface area contributed by atoms with Gasteiger partial charge in [0.15, 0.2) is 6.23 Å². The van der Waals surface area contributed by atoms with Gasteiger partial charge in [-0.05, 0) is 53.2 Å². The van der Waals surface area contributed by atoms with Crippen LogP contribution in [0.15, 0.2) is 58.4 Å². The lowest BCUT2D eigenvalue weighted by molar-refractivity contribution is 0.0600. The van der Waals surface area contributed by atoms with Crippen LogP contribution in [0.2, 0.25) is 5.02 Å². The van der Waals surface area contributed by atoms with Crippen LogP contribution in [0.25, 0.3) is 0 Å². The number of hydrogen-bond acceptors (Lipinski definition) is 5. The number of ether oxygens (including phenoxy) is 2. The normalized spacial score (nSPS) is 16.4. The quantitative estimate of drug-likeness (QED) is 0.567. The molecule has 0 radical (unpaired) electrons. The van der Waals surface area contributed by atoms with Gasteiger partial charge in [-0.25, -0.2) is 13.6 Å². The van der Waals surface area contributed by atoms with Crippen LogP contribution in [0.1, 0.15) is 22.8 Å². The van der Waals surface area contributed by atoms with Gasteiger partial charge in [0.1, 0.15) is 24.0 Å². The Morgan fingerprint density at radius 2 is 2.00 bits per heavy atom. The number of nitrogens with zero attached hydrogens (tertiary/aromatic N) is 1. The van der Waals surface area contributed by atoms with Crippen LogP contribution < -0.4 is 4.90 Å². The molecular formula is C21H17BrClF2NO4. The summed E-state index contributed by atoms with van der Waals surface area (Å²) in [6.07, 6.45) is 0.410. The van der Waals surface area contributed by atoms with Crippen LogP contribution in [-0.4, -0.2) is 24.4 Å². The lowest BCUT2D eigenvalue weighted by Crippen LogP contribution is -2.37. The Bertz CT molecular complexity index is 1060. The number of allylic oxidation sites excluding steroid dienone is 2. The molecule has 0 saturated carbocycles. The Labute approximate surface area is 185 Å². The standard InChI is InChI=1S/C21H17BrClF2NO4/c1-11-7-18(30-10-13-3-5-14(24)9-16(13)25)19(22)20(27)26(11)17-8-12(21(28)29-2)4-6-15(17)23/h3-9,20,27H,10H2,1-2H3. The third-order valence-corrected chi connectivity index (χ3v) is 5.57. The average Bonchev–Trinajstić information content (AvgIpc) is 2.71. The molecule has 0 spiro atoms. The molecule has 0 bridgehead atoms. The number of esters is 1. The Morgan fingerprint density at radius 3 is 2.67 bits per heavy atom. The van der Waals surface area contributed by atoms with E-state index in [4.69, 9.17) is 21.1 Å². The number of carbonyl (C=O) groups excluding carboxylic acids is 1. The smallest absolute Gasteiger partial charge is 0.337 e. The lowest BCUT2D eigenvalue weighted by Gasteiger charge is -2.35. The molecule has 0 aromatic heterocycles. The molecule has 9 heteroatoms. The fraction of sp³-hybridized carbons (Fsp3) is 0.190. The van der Waals surface area contributed by atoms with Gasteiger partial charge in [-0.15, -0.1) is 0 Å². The number of anilines is 1. The first kappa shape index (κ1) is 22.3. The van der Waals surface area contributed by atoms with E-state index in [0.717, 1.165) is 12.1 Å². The maximum Gasteiger partial charge on any atom is 0.337 e. The number of benzene rings is 2. The maximum absolute atomic E-state index is 13.8. The van der Waals surface area contributed by atoms with E-state index in [9.17, 15) is 18.7 Å². The summed E-state index contributed by atoms with van der Waals surface area (Å²) < 4.78 is 37.5. The van der Waals surface area contributed by atoms with Gasteiger partial charge in [-0.2, -0.15) is 0 Å². The van der Waals surface area contributed by atoms with Crippen molar-refractivity contribution < 1.29 is 28.2 Å². The van der Waals surface area contributed by atoms with E-state index >= 15 is 0 Å². The van der Waals surface area contributed by atoms with Gasteiger partial charge in [0.25, 0.3) is 0 Å². The van der Waals surface area contributed by atoms with Gasteiger partial charge in [0, 0.05) is 23.4 Å². The van der Waals surface area contributed by atoms with Crippen molar-refractivity contribution in [3.8, 4) is 0 Å². The van der Waals surface area contributed by atoms with E-state index in [1.807, 2.05) is 0 Å². The molecule has 1 N–H and O–H groups in total. The number of halogens is 4. The summed E-state index contributed by atoms with van der Waals surface area (Å²) in [4.78, 5) is 13.4. The second kappa shape index (κ2) is 9.16. The first-order valence-corrected chi connectivity index (χ1v) is 9.90. The zero-order valence-electron chi connectivity index (χ0n) is 16.0. The van der Waals surface area contributed by atoms with Crippen LogP contribution in [0, 0.1) is 11.6 Å². The van der Waals surface area contributed by atoms with Crippen LogP contribution >= 0.6 is 27.5 Å². The highest BCUT2D eigenvalue weighted by molar-refractivity contribution is 9.11. The van der Waals surface area contributed by atoms with Gasteiger partial charge < -0.3 is 19.5 Å². The van der Waals surface area contributed by atoms with Gasteiger partial charge in [-0.1, -0.05) is 11.6 Å². The highest BCUT2D eigenvalue weighted by Crippen LogP contribution is 2.38. The Kier molecular flexibility index (Phi) is 6.80. The van der Waals surface area contributed by atoms with Gasteiger partial charge in [-0.3, -0.25) is 0 Å². The first-order valence-electron chi connectivity index (χ1n) is 8.72. The Balaban J connectivity index is 1.87. The number of aliphatic hydroxyl groups is 1. The predicted octanol–water partition coefficient (Wildman–Crippen LogP) is 5.27. The fourth-order valence-electron chi connectivity index (χ4n) is 2.93. The topological polar surface area (TPSA) is 59.0 Å². The largest absolute Gasteiger partial charge is 0.488 e. The molecule has 3 rings (SSSR count). The van der Waals surface area contributed by atoms with Crippen LogP contribution in [0.5, 0.6) is 0 Å². The molecule has 158 valence electrons. The molecule has 1 atom stereocenters. The van der Waals surface area contributed by atoms with Gasteiger partial charge >= 0.3 is 5.97 Å². The molecule has 1 unspecified atom stereocenters. The van der Waals surface area contributed by atoms with Gasteiger partial charge in [0.2, 0.25) is 0 Å². The minimum Gasteiger partial charge on any atom is -0.488 e. The van der Waals surface area contributed by atoms with Crippen molar-refractivity contribution in [2.75, 3.05) is 12.0 Å². The number of methoxy groups -OCH3 is 1. The highest BCUT2D eigenvalue weighted by atomic mass is 79.9. The minimum atomic E-state index is -1.21. The Morgan fingerprint density at radius 1 is 1.27 bits per heavy atom. The first-order chi connectivity index (χ1) is 14.2. The van der Waals surface area contributed by atoms with Crippen molar-refractivity contribution in [1.82, 2.24) is 0 Å². The summed E-state index contributed by atoms with van der Waals surface area (Å²) >= 11 is 9.60. The Hall–Kier alpha value is -2.42. The molecule has 0 saturated heterocycles.